The van der Waals surface area contributed by atoms with Gasteiger partial charge in [0, 0.05) is 11.9 Å². The van der Waals surface area contributed by atoms with Gasteiger partial charge in [0.25, 0.3) is 0 Å². The Morgan fingerprint density at radius 2 is 2.25 bits per heavy atom. The lowest BCUT2D eigenvalue weighted by molar-refractivity contribution is 1.05. The molecule has 0 radical (unpaired) electrons. The average Bonchev–Trinajstić information content (AvgIpc) is 2.32. The molecule has 0 fully saturated rings. The first-order valence-electron chi connectivity index (χ1n) is 3.10. The summed E-state index contributed by atoms with van der Waals surface area (Å²) in [6, 6.07) is 0. The standard InChI is InChI=1S/C6H5ClN4.ClH/c1-3-4-2-8-6(7)9-5(4)11-10-3;/h2H,1H3,(H,8,9,10,11);1H. The molecule has 0 aromatic carbocycles. The Balaban J connectivity index is 0.000000720. The molecule has 0 bridgehead atoms. The minimum absolute atomic E-state index is 0. The first kappa shape index (κ1) is 9.22. The molecule has 0 aliphatic carbocycles. The van der Waals surface area contributed by atoms with E-state index in [2.05, 4.69) is 20.2 Å². The molecule has 0 amide bonds. The maximum absolute atomic E-state index is 5.55. The number of hydrogen-bond acceptors (Lipinski definition) is 3. The molecule has 4 nitrogen and oxygen atoms in total. The van der Waals surface area contributed by atoms with Gasteiger partial charge in [-0.25, -0.2) is 4.98 Å². The van der Waals surface area contributed by atoms with E-state index in [0.29, 0.717) is 5.65 Å². The lowest BCUT2D eigenvalue weighted by atomic mass is 10.3. The number of fused-ring (bicyclic) bond motifs is 1. The third-order valence-electron chi connectivity index (χ3n) is 1.47. The van der Waals surface area contributed by atoms with Crippen molar-refractivity contribution in [3.63, 3.8) is 0 Å². The number of aromatic nitrogens is 4. The van der Waals surface area contributed by atoms with Gasteiger partial charge in [-0.15, -0.1) is 12.4 Å². The molecule has 0 aliphatic rings. The second-order valence-electron chi connectivity index (χ2n) is 2.22. The molecule has 0 saturated carbocycles. The van der Waals surface area contributed by atoms with E-state index in [1.165, 1.54) is 0 Å². The third-order valence-corrected chi connectivity index (χ3v) is 1.65. The van der Waals surface area contributed by atoms with Crippen LogP contribution in [0.3, 0.4) is 0 Å². The third kappa shape index (κ3) is 1.35. The molecule has 64 valence electrons. The van der Waals surface area contributed by atoms with E-state index < -0.39 is 0 Å². The van der Waals surface area contributed by atoms with E-state index in [0.717, 1.165) is 11.1 Å². The lowest BCUT2D eigenvalue weighted by Gasteiger charge is -1.87. The smallest absolute Gasteiger partial charge is 0.224 e. The highest BCUT2D eigenvalue weighted by atomic mass is 35.5. The molecular weight excluding hydrogens is 199 g/mol. The summed E-state index contributed by atoms with van der Waals surface area (Å²) in [6.45, 7) is 1.91. The lowest BCUT2D eigenvalue weighted by Crippen LogP contribution is -1.81. The van der Waals surface area contributed by atoms with Crippen LogP contribution >= 0.6 is 24.0 Å². The molecule has 6 heteroatoms. The van der Waals surface area contributed by atoms with Crippen LogP contribution in [0.15, 0.2) is 6.20 Å². The van der Waals surface area contributed by atoms with Gasteiger partial charge in [-0.2, -0.15) is 10.1 Å². The number of aryl methyl sites for hydroxylation is 1. The van der Waals surface area contributed by atoms with Crippen molar-refractivity contribution in [1.82, 2.24) is 20.2 Å². The van der Waals surface area contributed by atoms with Gasteiger partial charge in [0.05, 0.1) is 5.39 Å². The summed E-state index contributed by atoms with van der Waals surface area (Å²) < 4.78 is 0. The summed E-state index contributed by atoms with van der Waals surface area (Å²) in [5, 5.41) is 7.85. The molecule has 0 saturated heterocycles. The van der Waals surface area contributed by atoms with E-state index in [1.807, 2.05) is 6.92 Å². The number of hydrogen-bond donors (Lipinski definition) is 1. The van der Waals surface area contributed by atoms with Crippen molar-refractivity contribution in [3.05, 3.63) is 17.2 Å². The van der Waals surface area contributed by atoms with Gasteiger partial charge in [-0.1, -0.05) is 0 Å². The van der Waals surface area contributed by atoms with Gasteiger partial charge in [0.2, 0.25) is 5.28 Å². The van der Waals surface area contributed by atoms with Gasteiger partial charge >= 0.3 is 0 Å². The zero-order valence-electron chi connectivity index (χ0n) is 6.21. The Morgan fingerprint density at radius 3 is 3.00 bits per heavy atom. The van der Waals surface area contributed by atoms with Crippen LogP contribution in [0.4, 0.5) is 0 Å². The number of H-pyrrole nitrogens is 1. The molecule has 2 aromatic rings. The van der Waals surface area contributed by atoms with E-state index in [9.17, 15) is 0 Å². The maximum Gasteiger partial charge on any atom is 0.224 e. The molecule has 2 aromatic heterocycles. The van der Waals surface area contributed by atoms with Gasteiger partial charge in [0.15, 0.2) is 5.65 Å². The van der Waals surface area contributed by atoms with Crippen molar-refractivity contribution < 1.29 is 0 Å². The number of aromatic amines is 1. The largest absolute Gasteiger partial charge is 0.280 e. The first-order valence-corrected chi connectivity index (χ1v) is 3.48. The van der Waals surface area contributed by atoms with Crippen molar-refractivity contribution in [3.8, 4) is 0 Å². The molecular formula is C6H6Cl2N4. The molecule has 2 heterocycles. The minimum atomic E-state index is 0. The molecule has 0 atom stereocenters. The van der Waals surface area contributed by atoms with Gasteiger partial charge in [-0.3, -0.25) is 5.10 Å². The fourth-order valence-corrected chi connectivity index (χ4v) is 1.03. The Labute approximate surface area is 79.8 Å². The van der Waals surface area contributed by atoms with Crippen LogP contribution in [0.5, 0.6) is 0 Å². The maximum atomic E-state index is 5.55. The van der Waals surface area contributed by atoms with Gasteiger partial charge < -0.3 is 0 Å². The summed E-state index contributed by atoms with van der Waals surface area (Å²) in [7, 11) is 0. The highest BCUT2D eigenvalue weighted by molar-refractivity contribution is 6.28. The summed E-state index contributed by atoms with van der Waals surface area (Å²) >= 11 is 5.55. The van der Waals surface area contributed by atoms with Crippen molar-refractivity contribution in [2.24, 2.45) is 0 Å². The Kier molecular flexibility index (Phi) is 2.49. The summed E-state index contributed by atoms with van der Waals surface area (Å²) in [5.74, 6) is 0. The predicted molar refractivity (Wildman–Crippen MR) is 48.7 cm³/mol. The van der Waals surface area contributed by atoms with Crippen molar-refractivity contribution in [2.45, 2.75) is 6.92 Å². The minimum Gasteiger partial charge on any atom is -0.280 e. The van der Waals surface area contributed by atoms with Gasteiger partial charge in [0.1, 0.15) is 0 Å². The average molecular weight is 205 g/mol. The molecule has 0 aliphatic heterocycles. The fraction of sp³-hybridized carbons (Fsp3) is 0.167. The van der Waals surface area contributed by atoms with Crippen molar-refractivity contribution in [1.29, 1.82) is 0 Å². The summed E-state index contributed by atoms with van der Waals surface area (Å²) in [4.78, 5) is 7.74. The van der Waals surface area contributed by atoms with Crippen LogP contribution in [0.1, 0.15) is 5.69 Å². The molecule has 2 rings (SSSR count). The fourth-order valence-electron chi connectivity index (χ4n) is 0.899. The second kappa shape index (κ2) is 3.25. The zero-order valence-corrected chi connectivity index (χ0v) is 7.78. The normalized spacial score (nSPS) is 9.83. The monoisotopic (exact) mass is 204 g/mol. The van der Waals surface area contributed by atoms with E-state index in [1.54, 1.807) is 6.20 Å². The van der Waals surface area contributed by atoms with Gasteiger partial charge in [-0.05, 0) is 18.5 Å². The first-order chi connectivity index (χ1) is 5.27. The van der Waals surface area contributed by atoms with Crippen LogP contribution < -0.4 is 0 Å². The van der Waals surface area contributed by atoms with Crippen LogP contribution in [0, 0.1) is 6.92 Å². The van der Waals surface area contributed by atoms with Crippen molar-refractivity contribution >= 4 is 35.0 Å². The highest BCUT2D eigenvalue weighted by Gasteiger charge is 2.02. The Morgan fingerprint density at radius 1 is 1.50 bits per heavy atom. The number of nitrogens with zero attached hydrogens (tertiary/aromatic N) is 3. The SMILES string of the molecule is Cc1[nH]nc2nc(Cl)ncc12.Cl. The number of rotatable bonds is 0. The Hall–Kier alpha value is -0.870. The molecule has 1 N–H and O–H groups in total. The van der Waals surface area contributed by atoms with E-state index >= 15 is 0 Å². The van der Waals surface area contributed by atoms with Crippen LogP contribution in [0.2, 0.25) is 5.28 Å². The van der Waals surface area contributed by atoms with Crippen LogP contribution in [0.25, 0.3) is 11.0 Å². The second-order valence-corrected chi connectivity index (χ2v) is 2.56. The summed E-state index contributed by atoms with van der Waals surface area (Å²) in [5.41, 5.74) is 1.57. The highest BCUT2D eigenvalue weighted by Crippen LogP contribution is 2.12. The van der Waals surface area contributed by atoms with E-state index in [-0.39, 0.29) is 17.7 Å². The summed E-state index contributed by atoms with van der Waals surface area (Å²) in [6.07, 6.45) is 1.66. The molecule has 0 spiro atoms. The predicted octanol–water partition coefficient (Wildman–Crippen LogP) is 1.74. The number of nitrogens with one attached hydrogen (secondary N) is 1. The van der Waals surface area contributed by atoms with Crippen LogP contribution in [-0.2, 0) is 0 Å². The van der Waals surface area contributed by atoms with Crippen LogP contribution in [-0.4, -0.2) is 20.2 Å². The quantitative estimate of drug-likeness (QED) is 0.666. The molecule has 12 heavy (non-hydrogen) atoms. The Bertz CT molecular complexity index is 397. The zero-order chi connectivity index (χ0) is 7.84. The van der Waals surface area contributed by atoms with Crippen molar-refractivity contribution in [2.75, 3.05) is 0 Å². The topological polar surface area (TPSA) is 54.5 Å². The van der Waals surface area contributed by atoms with E-state index in [4.69, 9.17) is 11.6 Å². The number of halogens is 2. The molecule has 0 unspecified atom stereocenters.